The topological polar surface area (TPSA) is 68.0 Å². The minimum atomic E-state index is -0.184. The maximum Gasteiger partial charge on any atom is 0.270 e. The minimum absolute atomic E-state index is 0. The molecule has 0 radical (unpaired) electrons. The molecule has 126 valence electrons. The van der Waals surface area contributed by atoms with Crippen LogP contribution < -0.4 is 11.1 Å². The summed E-state index contributed by atoms with van der Waals surface area (Å²) in [6, 6.07) is 7.69. The van der Waals surface area contributed by atoms with Gasteiger partial charge in [-0.25, -0.2) is 4.98 Å². The maximum atomic E-state index is 12.2. The fourth-order valence-corrected chi connectivity index (χ4v) is 2.97. The summed E-state index contributed by atoms with van der Waals surface area (Å²) in [7, 11) is 0. The number of halogens is 2. The molecule has 0 aliphatic carbocycles. The Balaban J connectivity index is 0.00000264. The first-order valence-corrected chi connectivity index (χ1v) is 8.37. The van der Waals surface area contributed by atoms with Crippen molar-refractivity contribution in [2.75, 3.05) is 13.1 Å². The highest BCUT2D eigenvalue weighted by atomic mass is 35.5. The van der Waals surface area contributed by atoms with Crippen LogP contribution in [0.25, 0.3) is 0 Å². The van der Waals surface area contributed by atoms with Gasteiger partial charge in [0.1, 0.15) is 5.69 Å². The van der Waals surface area contributed by atoms with E-state index in [2.05, 4.69) is 24.1 Å². The molecule has 23 heavy (non-hydrogen) atoms. The Morgan fingerprint density at radius 3 is 2.61 bits per heavy atom. The van der Waals surface area contributed by atoms with Crippen LogP contribution in [-0.4, -0.2) is 24.0 Å². The predicted octanol–water partition coefficient (Wildman–Crippen LogP) is 3.43. The second-order valence-corrected chi connectivity index (χ2v) is 7.12. The van der Waals surface area contributed by atoms with E-state index in [1.165, 1.54) is 11.3 Å². The Morgan fingerprint density at radius 2 is 2.00 bits per heavy atom. The van der Waals surface area contributed by atoms with Crippen molar-refractivity contribution in [1.82, 2.24) is 10.3 Å². The highest BCUT2D eigenvalue weighted by Gasteiger charge is 2.22. The highest BCUT2D eigenvalue weighted by molar-refractivity contribution is 7.09. The number of nitrogens with zero attached hydrogens (tertiary/aromatic N) is 1. The van der Waals surface area contributed by atoms with Gasteiger partial charge in [-0.05, 0) is 24.2 Å². The zero-order valence-electron chi connectivity index (χ0n) is 13.1. The summed E-state index contributed by atoms with van der Waals surface area (Å²) in [5, 5.41) is 6.32. The molecule has 0 aliphatic rings. The molecule has 0 fully saturated rings. The van der Waals surface area contributed by atoms with Crippen LogP contribution in [-0.2, 0) is 11.8 Å². The molecule has 0 saturated carbocycles. The maximum absolute atomic E-state index is 12.2. The van der Waals surface area contributed by atoms with Crippen molar-refractivity contribution in [3.8, 4) is 0 Å². The van der Waals surface area contributed by atoms with Gasteiger partial charge < -0.3 is 11.1 Å². The Kier molecular flexibility index (Phi) is 7.48. The summed E-state index contributed by atoms with van der Waals surface area (Å²) in [6.07, 6.45) is 0.703. The van der Waals surface area contributed by atoms with E-state index >= 15 is 0 Å². The monoisotopic (exact) mass is 373 g/mol. The molecule has 0 atom stereocenters. The van der Waals surface area contributed by atoms with Crippen LogP contribution in [0.4, 0.5) is 0 Å². The van der Waals surface area contributed by atoms with E-state index in [4.69, 9.17) is 17.3 Å². The van der Waals surface area contributed by atoms with Crippen molar-refractivity contribution in [3.05, 3.63) is 50.9 Å². The van der Waals surface area contributed by atoms with E-state index < -0.39 is 0 Å². The number of nitrogens with one attached hydrogen (secondary N) is 1. The van der Waals surface area contributed by atoms with Gasteiger partial charge in [0.2, 0.25) is 0 Å². The van der Waals surface area contributed by atoms with Crippen molar-refractivity contribution in [3.63, 3.8) is 0 Å². The van der Waals surface area contributed by atoms with Crippen LogP contribution in [0.5, 0.6) is 0 Å². The highest BCUT2D eigenvalue weighted by Crippen LogP contribution is 2.24. The fraction of sp³-hybridized carbons (Fsp3) is 0.375. The molecule has 1 aromatic carbocycles. The van der Waals surface area contributed by atoms with Gasteiger partial charge in [0.25, 0.3) is 5.91 Å². The molecule has 0 spiro atoms. The third kappa shape index (κ3) is 5.46. The van der Waals surface area contributed by atoms with Crippen LogP contribution in [0.2, 0.25) is 5.02 Å². The number of benzene rings is 1. The van der Waals surface area contributed by atoms with E-state index in [0.717, 1.165) is 10.6 Å². The SMILES string of the molecule is CC(C)(CNC(=O)c1csc(CCN)n1)c1ccc(Cl)cc1.Cl. The zero-order chi connectivity index (χ0) is 16.2. The number of nitrogens with two attached hydrogens (primary N) is 1. The van der Waals surface area contributed by atoms with Crippen LogP contribution in [0, 0.1) is 0 Å². The lowest BCUT2D eigenvalue weighted by Gasteiger charge is -2.25. The lowest BCUT2D eigenvalue weighted by atomic mass is 9.84. The van der Waals surface area contributed by atoms with Crippen molar-refractivity contribution in [2.45, 2.75) is 25.7 Å². The average molecular weight is 374 g/mol. The summed E-state index contributed by atoms with van der Waals surface area (Å²) in [5.74, 6) is -0.151. The number of rotatable bonds is 6. The lowest BCUT2D eigenvalue weighted by Crippen LogP contribution is -2.36. The molecule has 2 rings (SSSR count). The summed E-state index contributed by atoms with van der Waals surface area (Å²) < 4.78 is 0. The van der Waals surface area contributed by atoms with Crippen molar-refractivity contribution >= 4 is 41.3 Å². The van der Waals surface area contributed by atoms with Gasteiger partial charge >= 0.3 is 0 Å². The number of hydrogen-bond acceptors (Lipinski definition) is 4. The number of carbonyl (C=O) groups excluding carboxylic acids is 1. The summed E-state index contributed by atoms with van der Waals surface area (Å²) in [4.78, 5) is 16.5. The Morgan fingerprint density at radius 1 is 1.35 bits per heavy atom. The summed E-state index contributed by atoms with van der Waals surface area (Å²) in [5.41, 5.74) is 6.89. The smallest absolute Gasteiger partial charge is 0.270 e. The van der Waals surface area contributed by atoms with Crippen molar-refractivity contribution < 1.29 is 4.79 Å². The normalized spacial score (nSPS) is 11.0. The second-order valence-electron chi connectivity index (χ2n) is 5.74. The quantitative estimate of drug-likeness (QED) is 0.814. The van der Waals surface area contributed by atoms with E-state index in [1.807, 2.05) is 24.3 Å². The minimum Gasteiger partial charge on any atom is -0.350 e. The van der Waals surface area contributed by atoms with Crippen molar-refractivity contribution in [2.24, 2.45) is 5.73 Å². The molecule has 0 bridgehead atoms. The Hall–Kier alpha value is -1.14. The van der Waals surface area contributed by atoms with Crippen LogP contribution in [0.1, 0.15) is 34.9 Å². The number of carbonyl (C=O) groups is 1. The summed E-state index contributed by atoms with van der Waals surface area (Å²) >= 11 is 7.38. The molecule has 0 unspecified atom stereocenters. The Labute approximate surface area is 151 Å². The Bertz CT molecular complexity index is 641. The molecule has 0 saturated heterocycles. The van der Waals surface area contributed by atoms with Gasteiger partial charge in [0.05, 0.1) is 5.01 Å². The number of thiazole rings is 1. The van der Waals surface area contributed by atoms with Gasteiger partial charge in [-0.15, -0.1) is 23.7 Å². The third-order valence-electron chi connectivity index (χ3n) is 3.46. The van der Waals surface area contributed by atoms with Gasteiger partial charge in [0, 0.05) is 28.8 Å². The molecule has 1 amide bonds. The lowest BCUT2D eigenvalue weighted by molar-refractivity contribution is 0.0941. The predicted molar refractivity (Wildman–Crippen MR) is 98.9 cm³/mol. The number of amides is 1. The van der Waals surface area contributed by atoms with Gasteiger partial charge in [0.15, 0.2) is 0 Å². The van der Waals surface area contributed by atoms with Gasteiger partial charge in [-0.3, -0.25) is 4.79 Å². The van der Waals surface area contributed by atoms with E-state index in [-0.39, 0.29) is 23.7 Å². The number of hydrogen-bond donors (Lipinski definition) is 2. The fourth-order valence-electron chi connectivity index (χ4n) is 2.05. The first-order chi connectivity index (χ1) is 10.4. The van der Waals surface area contributed by atoms with Crippen LogP contribution in [0.3, 0.4) is 0 Å². The molecule has 1 heterocycles. The molecular weight excluding hydrogens is 353 g/mol. The molecule has 3 N–H and O–H groups in total. The van der Waals surface area contributed by atoms with E-state index in [9.17, 15) is 4.79 Å². The molecule has 0 aliphatic heterocycles. The van der Waals surface area contributed by atoms with Gasteiger partial charge in [-0.1, -0.05) is 37.6 Å². The first kappa shape index (κ1) is 19.9. The second kappa shape index (κ2) is 8.64. The molecule has 1 aromatic heterocycles. The van der Waals surface area contributed by atoms with Crippen LogP contribution in [0.15, 0.2) is 29.6 Å². The molecular formula is C16H21Cl2N3OS. The zero-order valence-corrected chi connectivity index (χ0v) is 15.5. The molecule has 7 heteroatoms. The third-order valence-corrected chi connectivity index (χ3v) is 4.62. The van der Waals surface area contributed by atoms with Gasteiger partial charge in [-0.2, -0.15) is 0 Å². The standard InChI is InChI=1S/C16H20ClN3OS.ClH/c1-16(2,11-3-5-12(17)6-4-11)10-19-15(21)13-9-22-14(20-13)7-8-18;/h3-6,9H,7-8,10,18H2,1-2H3,(H,19,21);1H. The summed E-state index contributed by atoms with van der Waals surface area (Å²) in [6.45, 7) is 5.23. The van der Waals surface area contributed by atoms with Crippen LogP contribution >= 0.6 is 35.3 Å². The van der Waals surface area contributed by atoms with E-state index in [0.29, 0.717) is 30.2 Å². The number of aromatic nitrogens is 1. The largest absolute Gasteiger partial charge is 0.350 e. The van der Waals surface area contributed by atoms with Crippen molar-refractivity contribution in [1.29, 1.82) is 0 Å². The average Bonchev–Trinajstić information content (AvgIpc) is 2.94. The first-order valence-electron chi connectivity index (χ1n) is 7.11. The molecule has 2 aromatic rings. The van der Waals surface area contributed by atoms with E-state index in [1.54, 1.807) is 5.38 Å². The molecule has 4 nitrogen and oxygen atoms in total.